The zero-order valence-electron chi connectivity index (χ0n) is 10.2. The number of anilines is 2. The van der Waals surface area contributed by atoms with Gasteiger partial charge in [0, 0.05) is 19.7 Å². The Morgan fingerprint density at radius 1 is 1.59 bits per heavy atom. The number of thioether (sulfide) groups is 1. The van der Waals surface area contributed by atoms with Gasteiger partial charge in [-0.1, -0.05) is 11.8 Å². The highest BCUT2D eigenvalue weighted by molar-refractivity contribution is 7.98. The van der Waals surface area contributed by atoms with Crippen molar-refractivity contribution < 1.29 is 5.11 Å². The molecule has 2 heterocycles. The molecule has 2 N–H and O–H groups in total. The van der Waals surface area contributed by atoms with Crippen LogP contribution in [0.5, 0.6) is 0 Å². The molecule has 1 saturated heterocycles. The van der Waals surface area contributed by atoms with Gasteiger partial charge in [0.05, 0.1) is 12.6 Å². The first-order valence-electron chi connectivity index (χ1n) is 5.76. The Kier molecular flexibility index (Phi) is 4.06. The highest BCUT2D eigenvalue weighted by Crippen LogP contribution is 2.26. The fourth-order valence-electron chi connectivity index (χ4n) is 2.11. The van der Waals surface area contributed by atoms with E-state index in [2.05, 4.69) is 20.2 Å². The van der Waals surface area contributed by atoms with Crippen LogP contribution in [0.3, 0.4) is 0 Å². The lowest BCUT2D eigenvalue weighted by Gasteiger charge is -2.24. The van der Waals surface area contributed by atoms with Gasteiger partial charge in [0.2, 0.25) is 0 Å². The van der Waals surface area contributed by atoms with Crippen LogP contribution in [0.4, 0.5) is 11.6 Å². The molecule has 0 radical (unpaired) electrons. The average molecular weight is 254 g/mol. The van der Waals surface area contributed by atoms with Gasteiger partial charge in [-0.25, -0.2) is 9.97 Å². The first-order valence-corrected chi connectivity index (χ1v) is 6.99. The topological polar surface area (TPSA) is 61.3 Å². The second-order valence-corrected chi connectivity index (χ2v) is 4.79. The normalized spacial score (nSPS) is 19.7. The minimum atomic E-state index is 0.188. The Morgan fingerprint density at radius 2 is 2.41 bits per heavy atom. The van der Waals surface area contributed by atoms with Gasteiger partial charge in [-0.2, -0.15) is 0 Å². The van der Waals surface area contributed by atoms with Crippen LogP contribution in [0.2, 0.25) is 0 Å². The van der Waals surface area contributed by atoms with Crippen molar-refractivity contribution in [3.05, 3.63) is 6.07 Å². The number of hydrogen-bond donors (Lipinski definition) is 2. The van der Waals surface area contributed by atoms with Crippen LogP contribution in [-0.2, 0) is 0 Å². The summed E-state index contributed by atoms with van der Waals surface area (Å²) in [5, 5.41) is 13.1. The van der Waals surface area contributed by atoms with Gasteiger partial charge in [-0.05, 0) is 19.1 Å². The number of aliphatic hydroxyl groups is 1. The quantitative estimate of drug-likeness (QED) is 0.622. The molecular weight excluding hydrogens is 236 g/mol. The van der Waals surface area contributed by atoms with Gasteiger partial charge in [0.15, 0.2) is 5.16 Å². The second kappa shape index (κ2) is 5.55. The SMILES string of the molecule is CNc1cc(N2CCCC2CO)nc(SC)n1. The highest BCUT2D eigenvalue weighted by Gasteiger charge is 2.25. The molecule has 0 amide bonds. The zero-order chi connectivity index (χ0) is 12.3. The third-order valence-electron chi connectivity index (χ3n) is 3.01. The Balaban J connectivity index is 2.30. The summed E-state index contributed by atoms with van der Waals surface area (Å²) in [6.07, 6.45) is 4.11. The Morgan fingerprint density at radius 3 is 3.06 bits per heavy atom. The van der Waals surface area contributed by atoms with E-state index in [1.807, 2.05) is 19.4 Å². The van der Waals surface area contributed by atoms with Crippen LogP contribution >= 0.6 is 11.8 Å². The maximum absolute atomic E-state index is 9.34. The predicted molar refractivity (Wildman–Crippen MR) is 70.8 cm³/mol. The van der Waals surface area contributed by atoms with Crippen molar-refractivity contribution in [2.45, 2.75) is 24.0 Å². The fourth-order valence-corrected chi connectivity index (χ4v) is 2.48. The van der Waals surface area contributed by atoms with E-state index in [9.17, 15) is 5.11 Å². The molecule has 0 aromatic carbocycles. The molecule has 0 saturated carbocycles. The van der Waals surface area contributed by atoms with E-state index in [4.69, 9.17) is 0 Å². The van der Waals surface area contributed by atoms with Crippen molar-refractivity contribution in [1.29, 1.82) is 0 Å². The maximum Gasteiger partial charge on any atom is 0.191 e. The third kappa shape index (κ3) is 2.63. The van der Waals surface area contributed by atoms with E-state index in [0.29, 0.717) is 0 Å². The van der Waals surface area contributed by atoms with E-state index >= 15 is 0 Å². The Bertz CT molecular complexity index is 365. The molecule has 1 aliphatic rings. The summed E-state index contributed by atoms with van der Waals surface area (Å²) < 4.78 is 0. The summed E-state index contributed by atoms with van der Waals surface area (Å²) in [5.41, 5.74) is 0. The molecule has 1 aromatic heterocycles. The summed E-state index contributed by atoms with van der Waals surface area (Å²) in [4.78, 5) is 11.0. The minimum absolute atomic E-state index is 0.188. The molecule has 2 rings (SSSR count). The first kappa shape index (κ1) is 12.4. The smallest absolute Gasteiger partial charge is 0.191 e. The summed E-state index contributed by atoms with van der Waals surface area (Å²) in [6, 6.07) is 2.14. The molecule has 0 bridgehead atoms. The van der Waals surface area contributed by atoms with Crippen LogP contribution < -0.4 is 10.2 Å². The number of nitrogens with zero attached hydrogens (tertiary/aromatic N) is 3. The predicted octanol–water partition coefficient (Wildman–Crippen LogP) is 1.20. The van der Waals surface area contributed by atoms with E-state index in [0.717, 1.165) is 36.2 Å². The standard InChI is InChI=1S/C11H18N4OS/c1-12-9-6-10(14-11(13-9)17-2)15-5-3-4-8(15)7-16/h6,8,16H,3-5,7H2,1-2H3,(H,12,13,14). The Hall–Kier alpha value is -1.01. The summed E-state index contributed by atoms with van der Waals surface area (Å²) >= 11 is 1.53. The number of nitrogens with one attached hydrogen (secondary N) is 1. The monoisotopic (exact) mass is 254 g/mol. The van der Waals surface area contributed by atoms with Crippen LogP contribution in [0.25, 0.3) is 0 Å². The van der Waals surface area contributed by atoms with E-state index in [1.165, 1.54) is 11.8 Å². The van der Waals surface area contributed by atoms with Crippen molar-refractivity contribution >= 4 is 23.4 Å². The van der Waals surface area contributed by atoms with Crippen molar-refractivity contribution in [1.82, 2.24) is 9.97 Å². The molecule has 1 atom stereocenters. The molecule has 1 aromatic rings. The van der Waals surface area contributed by atoms with Gasteiger partial charge in [-0.3, -0.25) is 0 Å². The molecular formula is C11H18N4OS. The fraction of sp³-hybridized carbons (Fsp3) is 0.636. The summed E-state index contributed by atoms with van der Waals surface area (Å²) in [5.74, 6) is 1.73. The molecule has 94 valence electrons. The van der Waals surface area contributed by atoms with Crippen LogP contribution in [0, 0.1) is 0 Å². The van der Waals surface area contributed by atoms with Crippen LogP contribution in [0.15, 0.2) is 11.2 Å². The first-order chi connectivity index (χ1) is 8.28. The summed E-state index contributed by atoms with van der Waals surface area (Å²) in [7, 11) is 1.85. The van der Waals surface area contributed by atoms with Crippen molar-refractivity contribution in [3.8, 4) is 0 Å². The molecule has 6 heteroatoms. The van der Waals surface area contributed by atoms with Crippen LogP contribution in [0.1, 0.15) is 12.8 Å². The lowest BCUT2D eigenvalue weighted by atomic mass is 10.2. The Labute approximate surface area is 106 Å². The number of rotatable bonds is 4. The summed E-state index contributed by atoms with van der Waals surface area (Å²) in [6.45, 7) is 1.15. The van der Waals surface area contributed by atoms with Crippen molar-refractivity contribution in [2.24, 2.45) is 0 Å². The average Bonchev–Trinajstić information content (AvgIpc) is 2.86. The van der Waals surface area contributed by atoms with Gasteiger partial charge in [0.1, 0.15) is 11.6 Å². The zero-order valence-corrected chi connectivity index (χ0v) is 11.0. The van der Waals surface area contributed by atoms with E-state index in [-0.39, 0.29) is 12.6 Å². The van der Waals surface area contributed by atoms with Gasteiger partial charge >= 0.3 is 0 Å². The van der Waals surface area contributed by atoms with Crippen molar-refractivity contribution in [3.63, 3.8) is 0 Å². The number of aliphatic hydroxyl groups excluding tert-OH is 1. The van der Waals surface area contributed by atoms with E-state index in [1.54, 1.807) is 0 Å². The van der Waals surface area contributed by atoms with Gasteiger partial charge in [0.25, 0.3) is 0 Å². The van der Waals surface area contributed by atoms with Gasteiger partial charge < -0.3 is 15.3 Å². The minimum Gasteiger partial charge on any atom is -0.394 e. The number of hydrogen-bond acceptors (Lipinski definition) is 6. The molecule has 1 unspecified atom stereocenters. The lowest BCUT2D eigenvalue weighted by molar-refractivity contribution is 0.266. The molecule has 5 nitrogen and oxygen atoms in total. The highest BCUT2D eigenvalue weighted by atomic mass is 32.2. The molecule has 17 heavy (non-hydrogen) atoms. The maximum atomic E-state index is 9.34. The molecule has 0 aliphatic carbocycles. The lowest BCUT2D eigenvalue weighted by Crippen LogP contribution is -2.32. The second-order valence-electron chi connectivity index (χ2n) is 4.02. The largest absolute Gasteiger partial charge is 0.394 e. The molecule has 0 spiro atoms. The van der Waals surface area contributed by atoms with Gasteiger partial charge in [-0.15, -0.1) is 0 Å². The third-order valence-corrected chi connectivity index (χ3v) is 3.56. The molecule has 1 aliphatic heterocycles. The van der Waals surface area contributed by atoms with Crippen molar-refractivity contribution in [2.75, 3.05) is 36.7 Å². The van der Waals surface area contributed by atoms with Crippen LogP contribution in [-0.4, -0.2) is 47.6 Å². The molecule has 1 fully saturated rings. The van der Waals surface area contributed by atoms with E-state index < -0.39 is 0 Å². The number of aromatic nitrogens is 2.